The largest absolute Gasteiger partial charge is 0.467 e. The first-order valence-electron chi connectivity index (χ1n) is 12.3. The monoisotopic (exact) mass is 489 g/mol. The number of hydrogen-bond donors (Lipinski definition) is 1. The van der Waals surface area contributed by atoms with Gasteiger partial charge in [-0.3, -0.25) is 9.59 Å². The predicted octanol–water partition coefficient (Wildman–Crippen LogP) is 5.71. The van der Waals surface area contributed by atoms with Gasteiger partial charge in [0.05, 0.1) is 7.11 Å². The number of nitrogens with one attached hydrogen (secondary N) is 1. The molecule has 0 aromatic heterocycles. The van der Waals surface area contributed by atoms with Crippen LogP contribution in [0.2, 0.25) is 0 Å². The number of esters is 1. The highest BCUT2D eigenvalue weighted by Gasteiger charge is 2.55. The fraction of sp³-hybridized carbons (Fsp3) is 0.156. The molecule has 5 nitrogen and oxygen atoms in total. The fourth-order valence-electron chi connectivity index (χ4n) is 5.08. The maximum absolute atomic E-state index is 13.7. The second-order valence-electron chi connectivity index (χ2n) is 9.18. The lowest BCUT2D eigenvalue weighted by atomic mass is 10.00. The van der Waals surface area contributed by atoms with Crippen LogP contribution in [0, 0.1) is 5.92 Å². The van der Waals surface area contributed by atoms with Crippen molar-refractivity contribution in [2.75, 3.05) is 7.11 Å². The van der Waals surface area contributed by atoms with Crippen molar-refractivity contribution in [2.45, 2.75) is 17.9 Å². The summed E-state index contributed by atoms with van der Waals surface area (Å²) in [5.74, 6) is -1.07. The van der Waals surface area contributed by atoms with Crippen LogP contribution in [0.3, 0.4) is 0 Å². The average molecular weight is 490 g/mol. The molecule has 1 saturated carbocycles. The van der Waals surface area contributed by atoms with Crippen LogP contribution in [-0.4, -0.2) is 24.8 Å². The zero-order valence-corrected chi connectivity index (χ0v) is 20.4. The third kappa shape index (κ3) is 5.07. The number of methoxy groups -OCH3 is 1. The summed E-state index contributed by atoms with van der Waals surface area (Å²) in [4.78, 5) is 39.3. The van der Waals surface area contributed by atoms with Crippen molar-refractivity contribution in [3.8, 4) is 0 Å². The molecule has 1 aliphatic rings. The lowest BCUT2D eigenvalue weighted by Gasteiger charge is -2.17. The van der Waals surface area contributed by atoms with Crippen LogP contribution >= 0.6 is 0 Å². The first-order chi connectivity index (χ1) is 18.1. The van der Waals surface area contributed by atoms with E-state index in [2.05, 4.69) is 29.6 Å². The molecule has 0 spiro atoms. The van der Waals surface area contributed by atoms with Crippen molar-refractivity contribution < 1.29 is 19.1 Å². The van der Waals surface area contributed by atoms with E-state index in [1.807, 2.05) is 42.5 Å². The van der Waals surface area contributed by atoms with E-state index in [-0.39, 0.29) is 23.5 Å². The molecule has 1 N–H and O–H groups in total. The Balaban J connectivity index is 1.40. The minimum absolute atomic E-state index is 0.00457. The van der Waals surface area contributed by atoms with Crippen molar-refractivity contribution >= 4 is 17.7 Å². The van der Waals surface area contributed by atoms with E-state index in [1.54, 1.807) is 48.5 Å². The summed E-state index contributed by atoms with van der Waals surface area (Å²) in [7, 11) is 1.28. The molecular weight excluding hydrogens is 462 g/mol. The maximum Gasteiger partial charge on any atom is 0.333 e. The Morgan fingerprint density at radius 1 is 0.676 bits per heavy atom. The van der Waals surface area contributed by atoms with E-state index in [0.29, 0.717) is 16.7 Å². The molecule has 1 amide bonds. The maximum atomic E-state index is 13.7. The summed E-state index contributed by atoms with van der Waals surface area (Å²) in [6.07, 6.45) is 0. The van der Waals surface area contributed by atoms with Crippen LogP contribution in [0.1, 0.15) is 55.3 Å². The Morgan fingerprint density at radius 3 is 1.73 bits per heavy atom. The van der Waals surface area contributed by atoms with E-state index >= 15 is 0 Å². The molecule has 0 radical (unpaired) electrons. The smallest absolute Gasteiger partial charge is 0.333 e. The van der Waals surface area contributed by atoms with E-state index in [1.165, 1.54) is 7.11 Å². The number of hydrogen-bond acceptors (Lipinski definition) is 4. The SMILES string of the molecule is COC(=O)[C@@H](NC(=O)c1cccc(C(=O)C2[C@@H](c3ccccc3)[C@@H]2c2ccccc2)c1)c1ccccc1. The highest BCUT2D eigenvalue weighted by Crippen LogP contribution is 2.61. The van der Waals surface area contributed by atoms with E-state index in [4.69, 9.17) is 4.74 Å². The highest BCUT2D eigenvalue weighted by molar-refractivity contribution is 6.04. The van der Waals surface area contributed by atoms with Gasteiger partial charge >= 0.3 is 5.97 Å². The van der Waals surface area contributed by atoms with Crippen molar-refractivity contribution in [2.24, 2.45) is 5.92 Å². The van der Waals surface area contributed by atoms with Gasteiger partial charge in [-0.15, -0.1) is 0 Å². The molecule has 1 fully saturated rings. The lowest BCUT2D eigenvalue weighted by molar-refractivity contribution is -0.143. The summed E-state index contributed by atoms with van der Waals surface area (Å²) in [5, 5.41) is 2.76. The minimum Gasteiger partial charge on any atom is -0.467 e. The Hall–Kier alpha value is -4.51. The second-order valence-corrected chi connectivity index (χ2v) is 9.18. The van der Waals surface area contributed by atoms with Crippen LogP contribution in [0.25, 0.3) is 0 Å². The molecule has 0 heterocycles. The quantitative estimate of drug-likeness (QED) is 0.254. The van der Waals surface area contributed by atoms with Crippen molar-refractivity contribution in [1.29, 1.82) is 0 Å². The summed E-state index contributed by atoms with van der Waals surface area (Å²) >= 11 is 0. The zero-order valence-electron chi connectivity index (χ0n) is 20.4. The predicted molar refractivity (Wildman–Crippen MR) is 141 cm³/mol. The standard InChI is InChI=1S/C32H27NO4/c1-37-32(36)29(23-16-9-4-10-17-23)33-31(35)25-19-11-18-24(20-25)30(34)28-26(21-12-5-2-6-13-21)27(28)22-14-7-3-8-15-22/h2-20,26-29H,1H3,(H,33,35)/t26-,27-,29-/m0/s1. The van der Waals surface area contributed by atoms with Gasteiger partial charge < -0.3 is 10.1 Å². The molecule has 4 aromatic carbocycles. The molecule has 5 rings (SSSR count). The van der Waals surface area contributed by atoms with Crippen LogP contribution < -0.4 is 5.32 Å². The molecular formula is C32H27NO4. The summed E-state index contributed by atoms with van der Waals surface area (Å²) in [6.45, 7) is 0. The van der Waals surface area contributed by atoms with Crippen molar-refractivity contribution in [3.05, 3.63) is 143 Å². The molecule has 0 bridgehead atoms. The van der Waals surface area contributed by atoms with Gasteiger partial charge in [0, 0.05) is 28.9 Å². The molecule has 0 saturated heterocycles. The summed E-state index contributed by atoms with van der Waals surface area (Å²) in [6, 6.07) is 34.8. The van der Waals surface area contributed by atoms with Crippen LogP contribution in [0.4, 0.5) is 0 Å². The number of ether oxygens (including phenoxy) is 1. The number of benzene rings is 4. The number of rotatable bonds is 8. The number of amides is 1. The molecule has 37 heavy (non-hydrogen) atoms. The molecule has 5 heteroatoms. The van der Waals surface area contributed by atoms with Gasteiger partial charge in [-0.2, -0.15) is 0 Å². The summed E-state index contributed by atoms with van der Waals surface area (Å²) in [5.41, 5.74) is 3.67. The van der Waals surface area contributed by atoms with Crippen LogP contribution in [0.5, 0.6) is 0 Å². The average Bonchev–Trinajstić information content (AvgIpc) is 3.72. The number of ketones is 1. The number of carbonyl (C=O) groups is 3. The van der Waals surface area contributed by atoms with Gasteiger partial charge in [-0.25, -0.2) is 4.79 Å². The molecule has 1 aliphatic carbocycles. The van der Waals surface area contributed by atoms with E-state index < -0.39 is 17.9 Å². The summed E-state index contributed by atoms with van der Waals surface area (Å²) < 4.78 is 4.91. The normalized spacial score (nSPS) is 18.9. The van der Waals surface area contributed by atoms with Gasteiger partial charge in [0.25, 0.3) is 5.91 Å². The highest BCUT2D eigenvalue weighted by atomic mass is 16.5. The molecule has 3 atom stereocenters. The van der Waals surface area contributed by atoms with Crippen LogP contribution in [-0.2, 0) is 9.53 Å². The first-order valence-corrected chi connectivity index (χ1v) is 12.3. The lowest BCUT2D eigenvalue weighted by Crippen LogP contribution is -2.34. The third-order valence-electron chi connectivity index (χ3n) is 6.95. The van der Waals surface area contributed by atoms with Gasteiger partial charge in [-0.1, -0.05) is 103 Å². The first kappa shape index (κ1) is 24.2. The number of Topliss-reactive ketones (excluding diaryl/α,β-unsaturated/α-hetero) is 1. The van der Waals surface area contributed by atoms with Crippen molar-refractivity contribution in [1.82, 2.24) is 5.32 Å². The molecule has 184 valence electrons. The number of carbonyl (C=O) groups excluding carboxylic acids is 3. The van der Waals surface area contributed by atoms with Crippen molar-refractivity contribution in [3.63, 3.8) is 0 Å². The fourth-order valence-corrected chi connectivity index (χ4v) is 5.08. The third-order valence-corrected chi connectivity index (χ3v) is 6.95. The Bertz CT molecular complexity index is 1360. The van der Waals surface area contributed by atoms with Gasteiger partial charge in [0.2, 0.25) is 0 Å². The topological polar surface area (TPSA) is 72.5 Å². The van der Waals surface area contributed by atoms with Gasteiger partial charge in [0.1, 0.15) is 0 Å². The molecule has 0 unspecified atom stereocenters. The molecule has 4 aromatic rings. The zero-order chi connectivity index (χ0) is 25.8. The van der Waals surface area contributed by atoms with E-state index in [0.717, 1.165) is 11.1 Å². The second kappa shape index (κ2) is 10.6. The minimum atomic E-state index is -0.952. The Kier molecular flexibility index (Phi) is 6.95. The Morgan fingerprint density at radius 2 is 1.19 bits per heavy atom. The van der Waals surface area contributed by atoms with E-state index in [9.17, 15) is 14.4 Å². The molecule has 0 aliphatic heterocycles. The Labute approximate surface area is 216 Å². The van der Waals surface area contributed by atoms with Gasteiger partial charge in [0.15, 0.2) is 11.8 Å². The van der Waals surface area contributed by atoms with Gasteiger partial charge in [-0.05, 0) is 28.8 Å². The van der Waals surface area contributed by atoms with Crippen LogP contribution in [0.15, 0.2) is 115 Å².